The van der Waals surface area contributed by atoms with Gasteiger partial charge in [0.2, 0.25) is 0 Å². The molecule has 2 saturated heterocycles. The van der Waals surface area contributed by atoms with Gasteiger partial charge < -0.3 is 5.11 Å². The van der Waals surface area contributed by atoms with Crippen molar-refractivity contribution in [1.29, 1.82) is 0 Å². The summed E-state index contributed by atoms with van der Waals surface area (Å²) < 4.78 is 0. The molecule has 2 unspecified atom stereocenters. The Morgan fingerprint density at radius 3 is 2.76 bits per heavy atom. The Labute approximate surface area is 129 Å². The highest BCUT2D eigenvalue weighted by atomic mass is 32.1. The van der Waals surface area contributed by atoms with Crippen LogP contribution in [0.3, 0.4) is 0 Å². The predicted octanol–water partition coefficient (Wildman–Crippen LogP) is 2.22. The maximum atomic E-state index is 11.3. The van der Waals surface area contributed by atoms with E-state index in [0.717, 1.165) is 45.3 Å². The summed E-state index contributed by atoms with van der Waals surface area (Å²) in [6.07, 6.45) is 5.84. The van der Waals surface area contributed by atoms with Gasteiger partial charge in [0.25, 0.3) is 0 Å². The molecule has 5 nitrogen and oxygen atoms in total. The molecule has 0 radical (unpaired) electrons. The number of nitrogens with zero attached hydrogens (tertiary/aromatic N) is 3. The zero-order valence-corrected chi connectivity index (χ0v) is 13.3. The number of thiazole rings is 1. The van der Waals surface area contributed by atoms with Gasteiger partial charge in [-0.15, -0.1) is 11.3 Å². The van der Waals surface area contributed by atoms with Gasteiger partial charge in [-0.3, -0.25) is 14.6 Å². The second kappa shape index (κ2) is 6.42. The molecular formula is C15H23N3O2S. The fourth-order valence-electron chi connectivity index (χ4n) is 3.69. The van der Waals surface area contributed by atoms with Gasteiger partial charge in [-0.05, 0) is 39.2 Å². The lowest BCUT2D eigenvalue weighted by Gasteiger charge is -2.40. The lowest BCUT2D eigenvalue weighted by Crippen LogP contribution is -2.49. The van der Waals surface area contributed by atoms with E-state index in [9.17, 15) is 9.90 Å². The first kappa shape index (κ1) is 14.9. The van der Waals surface area contributed by atoms with E-state index in [2.05, 4.69) is 21.7 Å². The predicted molar refractivity (Wildman–Crippen MR) is 82.5 cm³/mol. The molecule has 0 spiro atoms. The van der Waals surface area contributed by atoms with E-state index in [0.29, 0.717) is 12.1 Å². The molecule has 116 valence electrons. The summed E-state index contributed by atoms with van der Waals surface area (Å²) >= 11 is 1.71. The highest BCUT2D eigenvalue weighted by Crippen LogP contribution is 2.30. The van der Waals surface area contributed by atoms with Crippen molar-refractivity contribution in [2.24, 2.45) is 0 Å². The minimum atomic E-state index is -0.647. The average molecular weight is 309 g/mol. The van der Waals surface area contributed by atoms with Crippen LogP contribution in [0.4, 0.5) is 0 Å². The second-order valence-electron chi connectivity index (χ2n) is 6.05. The smallest absolute Gasteiger partial charge is 0.320 e. The Morgan fingerprint density at radius 1 is 1.38 bits per heavy atom. The first-order chi connectivity index (χ1) is 10.2. The normalized spacial score (nSPS) is 27.0. The van der Waals surface area contributed by atoms with Gasteiger partial charge in [-0.25, -0.2) is 4.98 Å². The monoisotopic (exact) mass is 309 g/mol. The molecule has 3 heterocycles. The quantitative estimate of drug-likeness (QED) is 0.924. The molecule has 0 saturated carbocycles. The molecule has 2 aliphatic rings. The van der Waals surface area contributed by atoms with E-state index in [4.69, 9.17) is 0 Å². The average Bonchev–Trinajstić information content (AvgIpc) is 3.18. The lowest BCUT2D eigenvalue weighted by atomic mass is 10.0. The second-order valence-corrected chi connectivity index (χ2v) is 6.97. The van der Waals surface area contributed by atoms with Crippen LogP contribution in [0.15, 0.2) is 11.6 Å². The summed E-state index contributed by atoms with van der Waals surface area (Å²) in [6.45, 7) is 5.24. The van der Waals surface area contributed by atoms with Gasteiger partial charge in [-0.1, -0.05) is 0 Å². The van der Waals surface area contributed by atoms with Crippen molar-refractivity contribution in [3.8, 4) is 0 Å². The molecule has 1 aromatic rings. The number of hydrogen-bond acceptors (Lipinski definition) is 5. The lowest BCUT2D eigenvalue weighted by molar-refractivity contribution is -0.143. The van der Waals surface area contributed by atoms with E-state index in [1.54, 1.807) is 11.3 Å². The number of carboxylic acids is 1. The Hall–Kier alpha value is -0.980. The van der Waals surface area contributed by atoms with Gasteiger partial charge in [0.05, 0.1) is 6.04 Å². The third kappa shape index (κ3) is 3.12. The summed E-state index contributed by atoms with van der Waals surface area (Å²) in [6, 6.07) is 0.561. The number of aliphatic carboxylic acids is 1. The van der Waals surface area contributed by atoms with Gasteiger partial charge in [0, 0.05) is 30.7 Å². The SMILES string of the molecule is CC(c1nccs1)N1CCC(N2CCCC2C(=O)O)CC1. The van der Waals surface area contributed by atoms with E-state index in [-0.39, 0.29) is 6.04 Å². The summed E-state index contributed by atoms with van der Waals surface area (Å²) in [5, 5.41) is 12.5. The fourth-order valence-corrected chi connectivity index (χ4v) is 4.42. The van der Waals surface area contributed by atoms with Crippen LogP contribution in [-0.4, -0.2) is 57.6 Å². The number of rotatable bonds is 4. The van der Waals surface area contributed by atoms with Crippen LogP contribution in [-0.2, 0) is 4.79 Å². The van der Waals surface area contributed by atoms with Crippen LogP contribution in [0, 0.1) is 0 Å². The molecule has 3 rings (SSSR count). The summed E-state index contributed by atoms with van der Waals surface area (Å²) in [5.74, 6) is -0.647. The van der Waals surface area contributed by atoms with E-state index in [1.165, 1.54) is 5.01 Å². The molecule has 0 aliphatic carbocycles. The standard InChI is InChI=1S/C15H23N3O2S/c1-11(14-16-6-10-21-14)17-8-4-12(5-9-17)18-7-2-3-13(18)15(19)20/h6,10-13H,2-5,7-9H2,1H3,(H,19,20). The Kier molecular flexibility index (Phi) is 4.57. The van der Waals surface area contributed by atoms with Crippen molar-refractivity contribution in [1.82, 2.24) is 14.8 Å². The maximum absolute atomic E-state index is 11.3. The van der Waals surface area contributed by atoms with E-state index < -0.39 is 5.97 Å². The van der Waals surface area contributed by atoms with Gasteiger partial charge in [-0.2, -0.15) is 0 Å². The molecule has 2 aliphatic heterocycles. The van der Waals surface area contributed by atoms with Crippen LogP contribution >= 0.6 is 11.3 Å². The number of carbonyl (C=O) groups is 1. The van der Waals surface area contributed by atoms with Crippen molar-refractivity contribution < 1.29 is 9.90 Å². The molecule has 0 amide bonds. The van der Waals surface area contributed by atoms with Gasteiger partial charge >= 0.3 is 5.97 Å². The molecule has 1 aromatic heterocycles. The Bertz CT molecular complexity index is 471. The molecule has 2 atom stereocenters. The molecular weight excluding hydrogens is 286 g/mol. The minimum Gasteiger partial charge on any atom is -0.480 e. The maximum Gasteiger partial charge on any atom is 0.320 e. The van der Waals surface area contributed by atoms with Crippen molar-refractivity contribution in [3.63, 3.8) is 0 Å². The van der Waals surface area contributed by atoms with Crippen LogP contribution in [0.2, 0.25) is 0 Å². The van der Waals surface area contributed by atoms with Crippen LogP contribution in [0.25, 0.3) is 0 Å². The number of hydrogen-bond donors (Lipinski definition) is 1. The molecule has 2 fully saturated rings. The molecule has 1 N–H and O–H groups in total. The summed E-state index contributed by atoms with van der Waals surface area (Å²) in [5.41, 5.74) is 0. The first-order valence-corrected chi connectivity index (χ1v) is 8.67. The third-order valence-electron chi connectivity index (χ3n) is 4.90. The fraction of sp³-hybridized carbons (Fsp3) is 0.733. The minimum absolute atomic E-state index is 0.252. The Morgan fingerprint density at radius 2 is 2.14 bits per heavy atom. The molecule has 0 bridgehead atoms. The van der Waals surface area contributed by atoms with Crippen LogP contribution < -0.4 is 0 Å². The van der Waals surface area contributed by atoms with Crippen molar-refractivity contribution in [2.75, 3.05) is 19.6 Å². The highest BCUT2D eigenvalue weighted by Gasteiger charge is 2.37. The summed E-state index contributed by atoms with van der Waals surface area (Å²) in [7, 11) is 0. The summed E-state index contributed by atoms with van der Waals surface area (Å²) in [4.78, 5) is 20.4. The third-order valence-corrected chi connectivity index (χ3v) is 5.85. The number of piperidine rings is 1. The Balaban J connectivity index is 1.56. The number of aromatic nitrogens is 1. The number of likely N-dealkylation sites (tertiary alicyclic amines) is 2. The zero-order valence-electron chi connectivity index (χ0n) is 12.4. The van der Waals surface area contributed by atoms with E-state index >= 15 is 0 Å². The number of carboxylic acid groups (broad SMARTS) is 1. The molecule has 0 aromatic carbocycles. The molecule has 6 heteroatoms. The van der Waals surface area contributed by atoms with Crippen molar-refractivity contribution in [3.05, 3.63) is 16.6 Å². The molecule has 21 heavy (non-hydrogen) atoms. The van der Waals surface area contributed by atoms with Crippen LogP contribution in [0.1, 0.15) is 43.7 Å². The topological polar surface area (TPSA) is 56.7 Å². The zero-order chi connectivity index (χ0) is 14.8. The largest absolute Gasteiger partial charge is 0.480 e. The van der Waals surface area contributed by atoms with Gasteiger partial charge in [0.1, 0.15) is 11.0 Å². The van der Waals surface area contributed by atoms with Crippen molar-refractivity contribution >= 4 is 17.3 Å². The first-order valence-electron chi connectivity index (χ1n) is 7.79. The van der Waals surface area contributed by atoms with Gasteiger partial charge in [0.15, 0.2) is 0 Å². The van der Waals surface area contributed by atoms with Crippen molar-refractivity contribution in [2.45, 2.75) is 50.7 Å². The van der Waals surface area contributed by atoms with E-state index in [1.807, 2.05) is 11.6 Å². The van der Waals surface area contributed by atoms with Crippen LogP contribution in [0.5, 0.6) is 0 Å². The highest BCUT2D eigenvalue weighted by molar-refractivity contribution is 7.09.